The standard InChI is InChI=1S/C22H22N2O4/c1-13-4-2-7-18(28-16-9-8-14-5-3-6-15(14)12-16)20(13)22(27)23-17-10-11-19(25)24-21(17)26/h2,4,7-9,12,17H,3,5-6,10-11H2,1H3,(H,23,27)(H,24,25,26). The second-order valence-electron chi connectivity index (χ2n) is 7.31. The van der Waals surface area contributed by atoms with E-state index in [1.165, 1.54) is 11.1 Å². The fraction of sp³-hybridized carbons (Fsp3) is 0.318. The van der Waals surface area contributed by atoms with Crippen molar-refractivity contribution in [2.75, 3.05) is 0 Å². The number of benzene rings is 2. The first-order valence-electron chi connectivity index (χ1n) is 9.55. The summed E-state index contributed by atoms with van der Waals surface area (Å²) in [6.45, 7) is 1.83. The zero-order chi connectivity index (χ0) is 19.7. The van der Waals surface area contributed by atoms with Gasteiger partial charge in [-0.25, -0.2) is 0 Å². The Hall–Kier alpha value is -3.15. The fourth-order valence-corrected chi connectivity index (χ4v) is 3.82. The van der Waals surface area contributed by atoms with Crippen LogP contribution in [-0.4, -0.2) is 23.8 Å². The van der Waals surface area contributed by atoms with Gasteiger partial charge in [-0.1, -0.05) is 18.2 Å². The van der Waals surface area contributed by atoms with Gasteiger partial charge in [-0.05, 0) is 67.5 Å². The Morgan fingerprint density at radius 3 is 2.75 bits per heavy atom. The maximum atomic E-state index is 12.9. The van der Waals surface area contributed by atoms with E-state index in [1.54, 1.807) is 6.07 Å². The number of rotatable bonds is 4. The largest absolute Gasteiger partial charge is 0.457 e. The maximum absolute atomic E-state index is 12.9. The van der Waals surface area contributed by atoms with Gasteiger partial charge in [0.15, 0.2) is 0 Å². The van der Waals surface area contributed by atoms with Crippen LogP contribution >= 0.6 is 0 Å². The van der Waals surface area contributed by atoms with Crippen LogP contribution in [0.15, 0.2) is 36.4 Å². The van der Waals surface area contributed by atoms with Crippen LogP contribution in [0.25, 0.3) is 0 Å². The smallest absolute Gasteiger partial charge is 0.255 e. The molecule has 0 aromatic heterocycles. The van der Waals surface area contributed by atoms with E-state index in [1.807, 2.05) is 31.2 Å². The van der Waals surface area contributed by atoms with Gasteiger partial charge < -0.3 is 10.1 Å². The Morgan fingerprint density at radius 2 is 1.93 bits per heavy atom. The van der Waals surface area contributed by atoms with Gasteiger partial charge in [0.25, 0.3) is 5.91 Å². The average molecular weight is 378 g/mol. The van der Waals surface area contributed by atoms with Gasteiger partial charge in [0.05, 0.1) is 5.56 Å². The summed E-state index contributed by atoms with van der Waals surface area (Å²) >= 11 is 0. The van der Waals surface area contributed by atoms with E-state index in [2.05, 4.69) is 16.7 Å². The third kappa shape index (κ3) is 3.63. The normalized spacial score (nSPS) is 18.4. The predicted molar refractivity (Wildman–Crippen MR) is 103 cm³/mol. The average Bonchev–Trinajstić information content (AvgIpc) is 3.12. The van der Waals surface area contributed by atoms with Gasteiger partial charge in [0.1, 0.15) is 17.5 Å². The lowest BCUT2D eigenvalue weighted by molar-refractivity contribution is -0.134. The molecule has 0 saturated carbocycles. The molecule has 0 bridgehead atoms. The van der Waals surface area contributed by atoms with Gasteiger partial charge in [-0.15, -0.1) is 0 Å². The van der Waals surface area contributed by atoms with Crippen LogP contribution in [0.3, 0.4) is 0 Å². The summed E-state index contributed by atoms with van der Waals surface area (Å²) in [5.74, 6) is -0.0286. The number of nitrogens with one attached hydrogen (secondary N) is 2. The summed E-state index contributed by atoms with van der Waals surface area (Å²) in [6.07, 6.45) is 3.80. The van der Waals surface area contributed by atoms with Crippen molar-refractivity contribution in [1.29, 1.82) is 0 Å². The molecular formula is C22H22N2O4. The molecule has 1 atom stereocenters. The summed E-state index contributed by atoms with van der Waals surface area (Å²) < 4.78 is 6.05. The number of piperidine rings is 1. The summed E-state index contributed by atoms with van der Waals surface area (Å²) in [7, 11) is 0. The van der Waals surface area contributed by atoms with Gasteiger partial charge >= 0.3 is 0 Å². The van der Waals surface area contributed by atoms with E-state index >= 15 is 0 Å². The lowest BCUT2D eigenvalue weighted by atomic mass is 10.0. The molecule has 6 heteroatoms. The zero-order valence-corrected chi connectivity index (χ0v) is 15.7. The highest BCUT2D eigenvalue weighted by Gasteiger charge is 2.29. The maximum Gasteiger partial charge on any atom is 0.255 e. The zero-order valence-electron chi connectivity index (χ0n) is 15.7. The molecule has 2 aliphatic rings. The van der Waals surface area contributed by atoms with Crippen LogP contribution in [0.4, 0.5) is 0 Å². The number of hydrogen-bond acceptors (Lipinski definition) is 4. The van der Waals surface area contributed by atoms with E-state index in [9.17, 15) is 14.4 Å². The number of carbonyl (C=O) groups is 3. The molecular weight excluding hydrogens is 356 g/mol. The molecule has 1 fully saturated rings. The minimum Gasteiger partial charge on any atom is -0.457 e. The molecule has 2 aromatic carbocycles. The topological polar surface area (TPSA) is 84.5 Å². The van der Waals surface area contributed by atoms with Crippen LogP contribution in [0.5, 0.6) is 11.5 Å². The van der Waals surface area contributed by atoms with Crippen molar-refractivity contribution in [3.05, 3.63) is 58.7 Å². The molecule has 0 radical (unpaired) electrons. The molecule has 2 aromatic rings. The Balaban J connectivity index is 1.56. The Labute approximate surface area is 163 Å². The SMILES string of the molecule is Cc1cccc(Oc2ccc3c(c2)CCC3)c1C(=O)NC1CCC(=O)NC1=O. The fourth-order valence-electron chi connectivity index (χ4n) is 3.82. The van der Waals surface area contributed by atoms with E-state index in [0.717, 1.165) is 24.8 Å². The predicted octanol–water partition coefficient (Wildman–Crippen LogP) is 2.81. The molecule has 1 unspecified atom stereocenters. The molecule has 0 spiro atoms. The number of amides is 3. The highest BCUT2D eigenvalue weighted by atomic mass is 16.5. The Kier molecular flexibility index (Phi) is 4.86. The van der Waals surface area contributed by atoms with Crippen LogP contribution in [0, 0.1) is 6.92 Å². The molecule has 28 heavy (non-hydrogen) atoms. The lowest BCUT2D eigenvalue weighted by Gasteiger charge is -2.23. The molecule has 1 aliphatic carbocycles. The number of hydrogen-bond donors (Lipinski definition) is 2. The minimum atomic E-state index is -0.724. The highest BCUT2D eigenvalue weighted by Crippen LogP contribution is 2.31. The van der Waals surface area contributed by atoms with Crippen LogP contribution in [0.1, 0.15) is 46.3 Å². The number of fused-ring (bicyclic) bond motifs is 1. The Morgan fingerprint density at radius 1 is 1.11 bits per heavy atom. The molecule has 1 aliphatic heterocycles. The first-order chi connectivity index (χ1) is 13.5. The molecule has 144 valence electrons. The van der Waals surface area contributed by atoms with Gasteiger partial charge in [0.2, 0.25) is 11.8 Å². The van der Waals surface area contributed by atoms with E-state index in [4.69, 9.17) is 4.74 Å². The number of imide groups is 1. The van der Waals surface area contributed by atoms with Crippen molar-refractivity contribution in [1.82, 2.24) is 10.6 Å². The van der Waals surface area contributed by atoms with Gasteiger partial charge in [-0.2, -0.15) is 0 Å². The molecule has 1 heterocycles. The van der Waals surface area contributed by atoms with Crippen molar-refractivity contribution in [3.63, 3.8) is 0 Å². The summed E-state index contributed by atoms with van der Waals surface area (Å²) in [5, 5.41) is 4.99. The van der Waals surface area contributed by atoms with E-state index in [-0.39, 0.29) is 18.2 Å². The van der Waals surface area contributed by atoms with E-state index < -0.39 is 11.9 Å². The molecule has 2 N–H and O–H groups in total. The van der Waals surface area contributed by atoms with Crippen molar-refractivity contribution in [2.24, 2.45) is 0 Å². The summed E-state index contributed by atoms with van der Waals surface area (Å²) in [4.78, 5) is 36.2. The molecule has 1 saturated heterocycles. The third-order valence-electron chi connectivity index (χ3n) is 5.30. The van der Waals surface area contributed by atoms with Crippen LogP contribution < -0.4 is 15.4 Å². The summed E-state index contributed by atoms with van der Waals surface area (Å²) in [6, 6.07) is 10.7. The van der Waals surface area contributed by atoms with Crippen molar-refractivity contribution in [2.45, 2.75) is 45.1 Å². The van der Waals surface area contributed by atoms with Crippen LogP contribution in [0.2, 0.25) is 0 Å². The third-order valence-corrected chi connectivity index (χ3v) is 5.30. The lowest BCUT2D eigenvalue weighted by Crippen LogP contribution is -2.52. The quantitative estimate of drug-likeness (QED) is 0.802. The van der Waals surface area contributed by atoms with Crippen LogP contribution in [-0.2, 0) is 22.4 Å². The second kappa shape index (κ2) is 7.46. The van der Waals surface area contributed by atoms with Crippen molar-refractivity contribution >= 4 is 17.7 Å². The molecule has 6 nitrogen and oxygen atoms in total. The monoisotopic (exact) mass is 378 g/mol. The molecule has 3 amide bonds. The number of carbonyl (C=O) groups excluding carboxylic acids is 3. The minimum absolute atomic E-state index is 0.211. The number of ether oxygens (including phenoxy) is 1. The van der Waals surface area contributed by atoms with E-state index in [0.29, 0.717) is 23.5 Å². The second-order valence-corrected chi connectivity index (χ2v) is 7.31. The Bertz CT molecular complexity index is 967. The van der Waals surface area contributed by atoms with Gasteiger partial charge in [-0.3, -0.25) is 19.7 Å². The first kappa shape index (κ1) is 18.2. The molecule has 4 rings (SSSR count). The number of aryl methyl sites for hydroxylation is 3. The van der Waals surface area contributed by atoms with Crippen molar-refractivity contribution in [3.8, 4) is 11.5 Å². The van der Waals surface area contributed by atoms with Crippen molar-refractivity contribution < 1.29 is 19.1 Å². The highest BCUT2D eigenvalue weighted by molar-refractivity contribution is 6.05. The first-order valence-corrected chi connectivity index (χ1v) is 9.55. The van der Waals surface area contributed by atoms with Gasteiger partial charge in [0, 0.05) is 6.42 Å². The summed E-state index contributed by atoms with van der Waals surface area (Å²) in [5.41, 5.74) is 3.79.